The molecule has 0 atom stereocenters. The Morgan fingerprint density at radius 3 is 2.33 bits per heavy atom. The van der Waals surface area contributed by atoms with Crippen LogP contribution in [-0.2, 0) is 10.0 Å². The molecule has 0 saturated carbocycles. The van der Waals surface area contributed by atoms with Crippen molar-refractivity contribution in [1.29, 1.82) is 0 Å². The smallest absolute Gasteiger partial charge is 0.266 e. The molecule has 2 aromatic rings. The molecule has 2 heterocycles. The molecule has 146 valence electrons. The van der Waals surface area contributed by atoms with Crippen LogP contribution in [0.3, 0.4) is 0 Å². The van der Waals surface area contributed by atoms with Gasteiger partial charge >= 0.3 is 0 Å². The summed E-state index contributed by atoms with van der Waals surface area (Å²) in [4.78, 5) is 6.59. The predicted octanol–water partition coefficient (Wildman–Crippen LogP) is 3.28. The highest BCUT2D eigenvalue weighted by Gasteiger charge is 2.21. The van der Waals surface area contributed by atoms with E-state index in [-0.39, 0.29) is 16.5 Å². The highest BCUT2D eigenvalue weighted by Crippen LogP contribution is 2.29. The third kappa shape index (κ3) is 4.63. The third-order valence-corrected chi connectivity index (χ3v) is 5.99. The van der Waals surface area contributed by atoms with Crippen LogP contribution in [0.4, 0.5) is 11.5 Å². The average Bonchev–Trinajstić information content (AvgIpc) is 2.97. The van der Waals surface area contributed by atoms with Crippen molar-refractivity contribution in [2.45, 2.75) is 30.6 Å². The van der Waals surface area contributed by atoms with Gasteiger partial charge in [0.05, 0.1) is 26.1 Å². The molecule has 1 aromatic carbocycles. The van der Waals surface area contributed by atoms with Gasteiger partial charge in [-0.1, -0.05) is 12.8 Å². The van der Waals surface area contributed by atoms with Crippen molar-refractivity contribution in [3.05, 3.63) is 36.5 Å². The Morgan fingerprint density at radius 1 is 1.00 bits per heavy atom. The SMILES string of the molecule is COc1ccc(OC)c(S(=O)(=O)Nc2ccc(N3CCCCCC3)cn2)c1. The standard InChI is InChI=1S/C19H25N3O4S/c1-25-16-8-9-17(26-2)18(13-16)27(23,24)21-19-10-7-15(14-20-19)22-11-5-3-4-6-12-22/h7-10,13-14H,3-6,11-12H2,1-2H3,(H,20,21). The molecule has 1 N–H and O–H groups in total. The highest BCUT2D eigenvalue weighted by molar-refractivity contribution is 7.92. The Morgan fingerprint density at radius 2 is 1.74 bits per heavy atom. The molecule has 0 spiro atoms. The van der Waals surface area contributed by atoms with Gasteiger partial charge in [-0.3, -0.25) is 4.72 Å². The number of pyridine rings is 1. The monoisotopic (exact) mass is 391 g/mol. The lowest BCUT2D eigenvalue weighted by Gasteiger charge is -2.22. The predicted molar refractivity (Wildman–Crippen MR) is 105 cm³/mol. The maximum Gasteiger partial charge on any atom is 0.266 e. The minimum Gasteiger partial charge on any atom is -0.497 e. The first-order chi connectivity index (χ1) is 13.0. The second-order valence-electron chi connectivity index (χ2n) is 6.43. The third-order valence-electron chi connectivity index (χ3n) is 4.62. The van der Waals surface area contributed by atoms with E-state index >= 15 is 0 Å². The largest absolute Gasteiger partial charge is 0.497 e. The van der Waals surface area contributed by atoms with Crippen LogP contribution < -0.4 is 19.1 Å². The number of benzene rings is 1. The molecular formula is C19H25N3O4S. The molecule has 0 unspecified atom stereocenters. The summed E-state index contributed by atoms with van der Waals surface area (Å²) >= 11 is 0. The van der Waals surface area contributed by atoms with Crippen molar-refractivity contribution in [2.24, 2.45) is 0 Å². The van der Waals surface area contributed by atoms with Gasteiger partial charge in [-0.2, -0.15) is 0 Å². The summed E-state index contributed by atoms with van der Waals surface area (Å²) < 4.78 is 38.4. The van der Waals surface area contributed by atoms with E-state index in [9.17, 15) is 8.42 Å². The number of aromatic nitrogens is 1. The number of hydrogen-bond donors (Lipinski definition) is 1. The fourth-order valence-corrected chi connectivity index (χ4v) is 4.34. The number of rotatable bonds is 6. The van der Waals surface area contributed by atoms with E-state index < -0.39 is 10.0 Å². The summed E-state index contributed by atoms with van der Waals surface area (Å²) in [5.41, 5.74) is 1.01. The molecule has 0 amide bonds. The van der Waals surface area contributed by atoms with E-state index in [0.29, 0.717) is 5.75 Å². The van der Waals surface area contributed by atoms with Gasteiger partial charge in [0.2, 0.25) is 0 Å². The zero-order valence-corrected chi connectivity index (χ0v) is 16.5. The van der Waals surface area contributed by atoms with Crippen LogP contribution >= 0.6 is 0 Å². The summed E-state index contributed by atoms with van der Waals surface area (Å²) in [6.07, 6.45) is 6.56. The Balaban J connectivity index is 1.80. The highest BCUT2D eigenvalue weighted by atomic mass is 32.2. The summed E-state index contributed by atoms with van der Waals surface area (Å²) in [6, 6.07) is 8.21. The number of sulfonamides is 1. The van der Waals surface area contributed by atoms with Gasteiger partial charge in [0, 0.05) is 19.2 Å². The van der Waals surface area contributed by atoms with Crippen LogP contribution in [0.25, 0.3) is 0 Å². The van der Waals surface area contributed by atoms with Gasteiger partial charge in [-0.25, -0.2) is 13.4 Å². The fraction of sp³-hybridized carbons (Fsp3) is 0.421. The second-order valence-corrected chi connectivity index (χ2v) is 8.08. The van der Waals surface area contributed by atoms with Gasteiger partial charge in [-0.05, 0) is 37.1 Å². The molecule has 1 aliphatic heterocycles. The molecule has 0 aliphatic carbocycles. The second kappa shape index (κ2) is 8.47. The lowest BCUT2D eigenvalue weighted by Crippen LogP contribution is -2.24. The van der Waals surface area contributed by atoms with E-state index in [1.807, 2.05) is 6.07 Å². The van der Waals surface area contributed by atoms with Crippen molar-refractivity contribution < 1.29 is 17.9 Å². The number of nitrogens with one attached hydrogen (secondary N) is 1. The maximum atomic E-state index is 12.8. The molecule has 0 radical (unpaired) electrons. The quantitative estimate of drug-likeness (QED) is 0.814. The van der Waals surface area contributed by atoms with Crippen LogP contribution in [0, 0.1) is 0 Å². The van der Waals surface area contributed by atoms with Crippen molar-refractivity contribution >= 4 is 21.5 Å². The van der Waals surface area contributed by atoms with Crippen molar-refractivity contribution in [3.63, 3.8) is 0 Å². The number of ether oxygens (including phenoxy) is 2. The van der Waals surface area contributed by atoms with Gasteiger partial charge in [-0.15, -0.1) is 0 Å². The van der Waals surface area contributed by atoms with Crippen molar-refractivity contribution in [1.82, 2.24) is 4.98 Å². The molecule has 8 heteroatoms. The van der Waals surface area contributed by atoms with E-state index in [2.05, 4.69) is 14.6 Å². The topological polar surface area (TPSA) is 80.8 Å². The van der Waals surface area contributed by atoms with Crippen LogP contribution in [0.2, 0.25) is 0 Å². The molecule has 1 aliphatic rings. The summed E-state index contributed by atoms with van der Waals surface area (Å²) in [5.74, 6) is 0.934. The first kappa shape index (κ1) is 19.3. The lowest BCUT2D eigenvalue weighted by atomic mass is 10.2. The Labute approximate surface area is 160 Å². The molecule has 1 aromatic heterocycles. The van der Waals surface area contributed by atoms with Gasteiger partial charge in [0.25, 0.3) is 10.0 Å². The lowest BCUT2D eigenvalue weighted by molar-refractivity contribution is 0.392. The van der Waals surface area contributed by atoms with Gasteiger partial charge in [0.15, 0.2) is 0 Å². The van der Waals surface area contributed by atoms with E-state index in [0.717, 1.165) is 18.8 Å². The fourth-order valence-electron chi connectivity index (χ4n) is 3.15. The Bertz CT molecular complexity index is 861. The van der Waals surface area contributed by atoms with Crippen LogP contribution in [0.5, 0.6) is 11.5 Å². The molecule has 7 nitrogen and oxygen atoms in total. The molecule has 27 heavy (non-hydrogen) atoms. The van der Waals surface area contributed by atoms with Crippen LogP contribution in [0.1, 0.15) is 25.7 Å². The molecule has 1 fully saturated rings. The van der Waals surface area contributed by atoms with Crippen molar-refractivity contribution in [3.8, 4) is 11.5 Å². The summed E-state index contributed by atoms with van der Waals surface area (Å²) in [5, 5.41) is 0. The normalized spacial score (nSPS) is 15.1. The van der Waals surface area contributed by atoms with E-state index in [1.165, 1.54) is 46.0 Å². The Kier molecular flexibility index (Phi) is 6.05. The molecule has 1 saturated heterocycles. The number of nitrogens with zero attached hydrogens (tertiary/aromatic N) is 2. The molecule has 3 rings (SSSR count). The zero-order chi connectivity index (χ0) is 19.3. The summed E-state index contributed by atoms with van der Waals surface area (Å²) in [7, 11) is -0.957. The average molecular weight is 391 g/mol. The Hall–Kier alpha value is -2.48. The summed E-state index contributed by atoms with van der Waals surface area (Å²) in [6.45, 7) is 2.02. The molecular weight excluding hydrogens is 366 g/mol. The first-order valence-electron chi connectivity index (χ1n) is 8.99. The number of hydrogen-bond acceptors (Lipinski definition) is 6. The minimum atomic E-state index is -3.86. The molecule has 0 bridgehead atoms. The maximum absolute atomic E-state index is 12.8. The zero-order valence-electron chi connectivity index (χ0n) is 15.6. The number of anilines is 2. The first-order valence-corrected chi connectivity index (χ1v) is 10.5. The van der Waals surface area contributed by atoms with Crippen molar-refractivity contribution in [2.75, 3.05) is 36.9 Å². The van der Waals surface area contributed by atoms with Gasteiger partial charge < -0.3 is 14.4 Å². The van der Waals surface area contributed by atoms with E-state index in [4.69, 9.17) is 9.47 Å². The van der Waals surface area contributed by atoms with Gasteiger partial charge in [0.1, 0.15) is 22.2 Å². The van der Waals surface area contributed by atoms with E-state index in [1.54, 1.807) is 24.4 Å². The van der Waals surface area contributed by atoms with Crippen LogP contribution in [0.15, 0.2) is 41.4 Å². The van der Waals surface area contributed by atoms with Crippen LogP contribution in [-0.4, -0.2) is 40.7 Å². The number of methoxy groups -OCH3 is 2. The minimum absolute atomic E-state index is 0.00254.